The van der Waals surface area contributed by atoms with Crippen LogP contribution in [0.15, 0.2) is 0 Å². The second-order valence-corrected chi connectivity index (χ2v) is 5.76. The fraction of sp³-hybridized carbons (Fsp3) is 0.714. The molecular weight excluding hydrogens is 312 g/mol. The van der Waals surface area contributed by atoms with Gasteiger partial charge in [-0.05, 0) is 12.8 Å². The summed E-state index contributed by atoms with van der Waals surface area (Å²) in [5.74, 6) is -1.29. The van der Waals surface area contributed by atoms with E-state index in [1.54, 1.807) is 0 Å². The molecule has 0 aromatic carbocycles. The maximum atomic E-state index is 11.3. The SMILES string of the molecule is CC(=O)SCCCCCC(=O)OCCOC(=O)CCC(=O)O. The molecule has 126 valence electrons. The first-order chi connectivity index (χ1) is 10.4. The summed E-state index contributed by atoms with van der Waals surface area (Å²) >= 11 is 1.28. The van der Waals surface area contributed by atoms with Crippen LogP contribution in [0.25, 0.3) is 0 Å². The van der Waals surface area contributed by atoms with Gasteiger partial charge in [-0.15, -0.1) is 0 Å². The van der Waals surface area contributed by atoms with E-state index in [9.17, 15) is 19.2 Å². The fourth-order valence-electron chi connectivity index (χ4n) is 1.43. The van der Waals surface area contributed by atoms with E-state index in [-0.39, 0.29) is 43.6 Å². The molecule has 0 unspecified atom stereocenters. The zero-order valence-corrected chi connectivity index (χ0v) is 13.5. The number of carbonyl (C=O) groups is 4. The first-order valence-corrected chi connectivity index (χ1v) is 8.06. The van der Waals surface area contributed by atoms with E-state index in [1.165, 1.54) is 18.7 Å². The number of hydrogen-bond donors (Lipinski definition) is 1. The number of unbranched alkanes of at least 4 members (excludes halogenated alkanes) is 2. The van der Waals surface area contributed by atoms with Crippen molar-refractivity contribution in [2.24, 2.45) is 0 Å². The summed E-state index contributed by atoms with van der Waals surface area (Å²) in [4.78, 5) is 43.3. The standard InChI is InChI=1S/C14H22O7S/c1-11(15)22-10-4-2-3-5-13(18)20-8-9-21-14(19)7-6-12(16)17/h2-10H2,1H3,(H,16,17). The number of thioether (sulfide) groups is 1. The molecule has 0 bridgehead atoms. The van der Waals surface area contributed by atoms with Gasteiger partial charge in [0.25, 0.3) is 0 Å². The second-order valence-electron chi connectivity index (χ2n) is 4.49. The van der Waals surface area contributed by atoms with Crippen molar-refractivity contribution in [3.63, 3.8) is 0 Å². The number of ether oxygens (including phenoxy) is 2. The van der Waals surface area contributed by atoms with Crippen LogP contribution in [-0.4, -0.2) is 47.1 Å². The Balaban J connectivity index is 3.41. The average molecular weight is 334 g/mol. The van der Waals surface area contributed by atoms with Gasteiger partial charge in [0, 0.05) is 19.1 Å². The fourth-order valence-corrected chi connectivity index (χ4v) is 2.06. The highest BCUT2D eigenvalue weighted by atomic mass is 32.2. The van der Waals surface area contributed by atoms with Crippen LogP contribution in [0.4, 0.5) is 0 Å². The maximum Gasteiger partial charge on any atom is 0.306 e. The normalized spacial score (nSPS) is 10.0. The molecule has 0 saturated heterocycles. The molecule has 22 heavy (non-hydrogen) atoms. The Morgan fingerprint density at radius 3 is 2.00 bits per heavy atom. The van der Waals surface area contributed by atoms with Crippen molar-refractivity contribution in [1.82, 2.24) is 0 Å². The van der Waals surface area contributed by atoms with E-state index in [2.05, 4.69) is 0 Å². The molecule has 7 nitrogen and oxygen atoms in total. The third kappa shape index (κ3) is 14.8. The lowest BCUT2D eigenvalue weighted by molar-refractivity contribution is -0.153. The molecule has 8 heteroatoms. The van der Waals surface area contributed by atoms with Crippen molar-refractivity contribution in [3.05, 3.63) is 0 Å². The molecule has 0 aliphatic carbocycles. The zero-order chi connectivity index (χ0) is 16.8. The first-order valence-electron chi connectivity index (χ1n) is 7.08. The molecule has 0 amide bonds. The number of hydrogen-bond acceptors (Lipinski definition) is 7. The van der Waals surface area contributed by atoms with Gasteiger partial charge in [-0.1, -0.05) is 18.2 Å². The summed E-state index contributed by atoms with van der Waals surface area (Å²) in [5.41, 5.74) is 0. The van der Waals surface area contributed by atoms with E-state index in [0.29, 0.717) is 6.42 Å². The van der Waals surface area contributed by atoms with Crippen LogP contribution in [0.3, 0.4) is 0 Å². The number of rotatable bonds is 12. The number of esters is 2. The topological polar surface area (TPSA) is 107 Å². The van der Waals surface area contributed by atoms with Gasteiger partial charge in [0.2, 0.25) is 0 Å². The minimum atomic E-state index is -1.06. The molecule has 0 spiro atoms. The van der Waals surface area contributed by atoms with E-state index in [4.69, 9.17) is 14.6 Å². The van der Waals surface area contributed by atoms with Crippen LogP contribution >= 0.6 is 11.8 Å². The smallest absolute Gasteiger partial charge is 0.306 e. The van der Waals surface area contributed by atoms with Crippen LogP contribution in [0.1, 0.15) is 45.4 Å². The molecule has 0 fully saturated rings. The summed E-state index contributed by atoms with van der Waals surface area (Å²) < 4.78 is 9.58. The summed E-state index contributed by atoms with van der Waals surface area (Å²) in [6.45, 7) is 1.42. The molecule has 1 N–H and O–H groups in total. The van der Waals surface area contributed by atoms with Crippen molar-refractivity contribution in [2.45, 2.75) is 45.4 Å². The molecular formula is C14H22O7S. The van der Waals surface area contributed by atoms with Crippen molar-refractivity contribution in [3.8, 4) is 0 Å². The van der Waals surface area contributed by atoms with Crippen molar-refractivity contribution >= 4 is 34.8 Å². The van der Waals surface area contributed by atoms with Gasteiger partial charge in [0.1, 0.15) is 13.2 Å². The highest BCUT2D eigenvalue weighted by molar-refractivity contribution is 8.13. The molecule has 0 rings (SSSR count). The van der Waals surface area contributed by atoms with E-state index < -0.39 is 11.9 Å². The highest BCUT2D eigenvalue weighted by Gasteiger charge is 2.07. The summed E-state index contributed by atoms with van der Waals surface area (Å²) in [6, 6.07) is 0. The van der Waals surface area contributed by atoms with Crippen LogP contribution in [0.5, 0.6) is 0 Å². The van der Waals surface area contributed by atoms with Gasteiger partial charge in [0.05, 0.1) is 12.8 Å². The summed E-state index contributed by atoms with van der Waals surface area (Å²) in [7, 11) is 0. The second kappa shape index (κ2) is 13.1. The monoisotopic (exact) mass is 334 g/mol. The lowest BCUT2D eigenvalue weighted by Crippen LogP contribution is -2.14. The lowest BCUT2D eigenvalue weighted by atomic mass is 10.2. The molecule has 0 radical (unpaired) electrons. The Bertz CT molecular complexity index is 381. The van der Waals surface area contributed by atoms with Crippen molar-refractivity contribution in [2.75, 3.05) is 19.0 Å². The molecule has 0 aliphatic heterocycles. The number of carbonyl (C=O) groups excluding carboxylic acids is 3. The Hall–Kier alpha value is -1.57. The maximum absolute atomic E-state index is 11.3. The Kier molecular flexibility index (Phi) is 12.2. The minimum Gasteiger partial charge on any atom is -0.481 e. The van der Waals surface area contributed by atoms with Crippen LogP contribution in [0, 0.1) is 0 Å². The lowest BCUT2D eigenvalue weighted by Gasteiger charge is -2.06. The zero-order valence-electron chi connectivity index (χ0n) is 12.7. The molecule has 0 saturated carbocycles. The molecule has 0 aromatic heterocycles. The predicted octanol–water partition coefficient (Wildman–Crippen LogP) is 1.78. The quantitative estimate of drug-likeness (QED) is 0.425. The molecule has 0 aliphatic rings. The number of carboxylic acid groups (broad SMARTS) is 1. The first kappa shape index (κ1) is 20.4. The average Bonchev–Trinajstić information content (AvgIpc) is 2.44. The van der Waals surface area contributed by atoms with E-state index in [1.807, 2.05) is 0 Å². The number of carboxylic acids is 1. The van der Waals surface area contributed by atoms with E-state index >= 15 is 0 Å². The van der Waals surface area contributed by atoms with Crippen molar-refractivity contribution in [1.29, 1.82) is 0 Å². The summed E-state index contributed by atoms with van der Waals surface area (Å²) in [6.07, 6.45) is 2.23. The molecule has 0 heterocycles. The largest absolute Gasteiger partial charge is 0.481 e. The van der Waals surface area contributed by atoms with Crippen LogP contribution < -0.4 is 0 Å². The predicted molar refractivity (Wildman–Crippen MR) is 80.4 cm³/mol. The minimum absolute atomic E-state index is 0.0299. The Morgan fingerprint density at radius 1 is 0.864 bits per heavy atom. The van der Waals surface area contributed by atoms with Gasteiger partial charge in [-0.2, -0.15) is 0 Å². The van der Waals surface area contributed by atoms with Gasteiger partial charge < -0.3 is 14.6 Å². The van der Waals surface area contributed by atoms with Gasteiger partial charge in [0.15, 0.2) is 5.12 Å². The summed E-state index contributed by atoms with van der Waals surface area (Å²) in [5, 5.41) is 8.47. The number of aliphatic carboxylic acids is 1. The van der Waals surface area contributed by atoms with E-state index in [0.717, 1.165) is 18.6 Å². The van der Waals surface area contributed by atoms with Crippen LogP contribution in [-0.2, 0) is 28.7 Å². The van der Waals surface area contributed by atoms with Crippen molar-refractivity contribution < 1.29 is 33.8 Å². The Labute approximate surface area is 133 Å². The molecule has 0 atom stereocenters. The Morgan fingerprint density at radius 2 is 1.45 bits per heavy atom. The third-order valence-corrected chi connectivity index (χ3v) is 3.38. The molecule has 0 aromatic rings. The van der Waals surface area contributed by atoms with Crippen LogP contribution in [0.2, 0.25) is 0 Å². The highest BCUT2D eigenvalue weighted by Crippen LogP contribution is 2.08. The van der Waals surface area contributed by atoms with Gasteiger partial charge in [-0.3, -0.25) is 19.2 Å². The third-order valence-electron chi connectivity index (χ3n) is 2.48. The van der Waals surface area contributed by atoms with Gasteiger partial charge in [-0.25, -0.2) is 0 Å². The van der Waals surface area contributed by atoms with Gasteiger partial charge >= 0.3 is 17.9 Å².